The number of anilines is 1. The average molecular weight is 506 g/mol. The molecule has 1 amide bonds. The van der Waals surface area contributed by atoms with Crippen molar-refractivity contribution in [3.8, 4) is 5.82 Å². The van der Waals surface area contributed by atoms with Crippen LogP contribution in [0.1, 0.15) is 49.7 Å². The maximum atomic E-state index is 13.2. The lowest BCUT2D eigenvalue weighted by Crippen LogP contribution is -2.41. The largest absolute Gasteiger partial charge is 0.416 e. The third-order valence-corrected chi connectivity index (χ3v) is 6.40. The van der Waals surface area contributed by atoms with E-state index < -0.39 is 17.8 Å². The molecule has 0 spiro atoms. The minimum absolute atomic E-state index is 0.0558. The van der Waals surface area contributed by atoms with Crippen molar-refractivity contribution >= 4 is 23.3 Å². The Morgan fingerprint density at radius 2 is 1.77 bits per heavy atom. The predicted octanol–water partition coefficient (Wildman–Crippen LogP) is 6.01. The van der Waals surface area contributed by atoms with Crippen molar-refractivity contribution in [2.24, 2.45) is 5.92 Å². The van der Waals surface area contributed by atoms with Crippen LogP contribution in [0.15, 0.2) is 54.9 Å². The van der Waals surface area contributed by atoms with Gasteiger partial charge in [0.05, 0.1) is 5.56 Å². The molecule has 6 nitrogen and oxygen atoms in total. The van der Waals surface area contributed by atoms with Crippen LogP contribution in [0.5, 0.6) is 0 Å². The fourth-order valence-corrected chi connectivity index (χ4v) is 4.57. The number of alkyl halides is 3. The lowest BCUT2D eigenvalue weighted by molar-refractivity contribution is -0.137. The highest BCUT2D eigenvalue weighted by atomic mass is 35.5. The maximum absolute atomic E-state index is 13.2. The summed E-state index contributed by atoms with van der Waals surface area (Å²) < 4.78 is 40.2. The first kappa shape index (κ1) is 25.0. The average Bonchev–Trinajstić information content (AvgIpc) is 3.37. The van der Waals surface area contributed by atoms with Crippen molar-refractivity contribution in [3.05, 3.63) is 71.3 Å². The molecule has 10 heteroatoms. The molecule has 3 aromatic rings. The molecule has 2 N–H and O–H groups in total. The van der Waals surface area contributed by atoms with E-state index in [1.807, 2.05) is 24.5 Å². The summed E-state index contributed by atoms with van der Waals surface area (Å²) in [6.07, 6.45) is 5.50. The molecular formula is C25H27ClF3N5O. The third kappa shape index (κ3) is 6.97. The van der Waals surface area contributed by atoms with E-state index in [0.29, 0.717) is 29.5 Å². The molecule has 0 saturated heterocycles. The lowest BCUT2D eigenvalue weighted by Gasteiger charge is -2.27. The normalized spacial score (nSPS) is 15.5. The van der Waals surface area contributed by atoms with E-state index in [9.17, 15) is 18.0 Å². The standard InChI is InChI=1S/C25H27ClF3N5O/c26-24-32-21(15-22(33-24)34-12-4-5-13-34)31-20(14-17-6-2-1-3-7-17)23(35)30-16-18-8-10-19(11-9-18)25(27,28)29/h4-5,8-13,15,17,20H,1-3,6-7,14,16H2,(H,30,35)(H,31,32,33)/t20-/m1/s1. The van der Waals surface area contributed by atoms with Gasteiger partial charge >= 0.3 is 6.18 Å². The van der Waals surface area contributed by atoms with Gasteiger partial charge in [-0.1, -0.05) is 44.2 Å². The van der Waals surface area contributed by atoms with Gasteiger partial charge in [0.15, 0.2) is 0 Å². The molecule has 186 valence electrons. The summed E-state index contributed by atoms with van der Waals surface area (Å²) in [4.78, 5) is 21.7. The van der Waals surface area contributed by atoms with Gasteiger partial charge in [-0.25, -0.2) is 4.98 Å². The quantitative estimate of drug-likeness (QED) is 0.368. The summed E-state index contributed by atoms with van der Waals surface area (Å²) in [6.45, 7) is 0.124. The first-order valence-corrected chi connectivity index (χ1v) is 12.0. The highest BCUT2D eigenvalue weighted by Crippen LogP contribution is 2.30. The summed E-state index contributed by atoms with van der Waals surface area (Å²) in [6, 6.07) is 9.67. The van der Waals surface area contributed by atoms with E-state index in [-0.39, 0.29) is 17.7 Å². The third-order valence-electron chi connectivity index (χ3n) is 6.23. The molecule has 1 aromatic carbocycles. The molecule has 1 aliphatic carbocycles. The van der Waals surface area contributed by atoms with Gasteiger partial charge in [0.25, 0.3) is 0 Å². The van der Waals surface area contributed by atoms with Gasteiger partial charge in [-0.15, -0.1) is 0 Å². The Hall–Kier alpha value is -3.07. The Labute approximate surface area is 206 Å². The summed E-state index contributed by atoms with van der Waals surface area (Å²) in [5.41, 5.74) is -0.133. The lowest BCUT2D eigenvalue weighted by atomic mass is 9.84. The van der Waals surface area contributed by atoms with Crippen LogP contribution in [-0.2, 0) is 17.5 Å². The number of carbonyl (C=O) groups excluding carboxylic acids is 1. The molecule has 2 heterocycles. The van der Waals surface area contributed by atoms with Crippen LogP contribution < -0.4 is 10.6 Å². The van der Waals surface area contributed by atoms with Gasteiger partial charge in [-0.3, -0.25) is 4.79 Å². The molecule has 35 heavy (non-hydrogen) atoms. The second-order valence-electron chi connectivity index (χ2n) is 8.82. The molecule has 1 aliphatic rings. The second kappa shape index (κ2) is 11.1. The fourth-order valence-electron chi connectivity index (χ4n) is 4.39. The first-order chi connectivity index (χ1) is 16.8. The summed E-state index contributed by atoms with van der Waals surface area (Å²) >= 11 is 6.15. The number of aromatic nitrogens is 3. The molecule has 2 aromatic heterocycles. The van der Waals surface area contributed by atoms with E-state index in [2.05, 4.69) is 20.6 Å². The molecule has 0 radical (unpaired) electrons. The van der Waals surface area contributed by atoms with Gasteiger partial charge in [0, 0.05) is 25.0 Å². The van der Waals surface area contributed by atoms with Crippen LogP contribution in [0.3, 0.4) is 0 Å². The van der Waals surface area contributed by atoms with Gasteiger partial charge in [-0.2, -0.15) is 18.2 Å². The molecule has 1 atom stereocenters. The number of rotatable bonds is 8. The summed E-state index contributed by atoms with van der Waals surface area (Å²) in [5.74, 6) is 1.16. The van der Waals surface area contributed by atoms with Crippen LogP contribution in [-0.4, -0.2) is 26.5 Å². The van der Waals surface area contributed by atoms with E-state index in [1.54, 1.807) is 10.6 Å². The Bertz CT molecular complexity index is 1110. The van der Waals surface area contributed by atoms with E-state index >= 15 is 0 Å². The van der Waals surface area contributed by atoms with Crippen LogP contribution >= 0.6 is 11.6 Å². The zero-order chi connectivity index (χ0) is 24.8. The summed E-state index contributed by atoms with van der Waals surface area (Å²) in [7, 11) is 0. The molecule has 0 unspecified atom stereocenters. The Balaban J connectivity index is 1.47. The zero-order valence-corrected chi connectivity index (χ0v) is 19.8. The molecule has 1 saturated carbocycles. The second-order valence-corrected chi connectivity index (χ2v) is 9.16. The number of carbonyl (C=O) groups is 1. The van der Waals surface area contributed by atoms with Gasteiger partial charge in [0.1, 0.15) is 17.7 Å². The van der Waals surface area contributed by atoms with Crippen LogP contribution in [0.25, 0.3) is 5.82 Å². The number of hydrogen-bond acceptors (Lipinski definition) is 4. The van der Waals surface area contributed by atoms with Crippen LogP contribution in [0, 0.1) is 5.92 Å². The van der Waals surface area contributed by atoms with Crippen molar-refractivity contribution in [1.82, 2.24) is 19.9 Å². The van der Waals surface area contributed by atoms with Crippen LogP contribution in [0.4, 0.5) is 19.0 Å². The number of nitrogens with zero attached hydrogens (tertiary/aromatic N) is 3. The Kier molecular flexibility index (Phi) is 7.95. The fraction of sp³-hybridized carbons (Fsp3) is 0.400. The summed E-state index contributed by atoms with van der Waals surface area (Å²) in [5, 5.41) is 6.14. The van der Waals surface area contributed by atoms with Crippen molar-refractivity contribution in [1.29, 1.82) is 0 Å². The molecule has 4 rings (SSSR count). The van der Waals surface area contributed by atoms with E-state index in [1.165, 1.54) is 18.6 Å². The Morgan fingerprint density at radius 1 is 1.09 bits per heavy atom. The van der Waals surface area contributed by atoms with Gasteiger partial charge < -0.3 is 15.2 Å². The van der Waals surface area contributed by atoms with E-state index in [4.69, 9.17) is 11.6 Å². The van der Waals surface area contributed by atoms with Crippen molar-refractivity contribution < 1.29 is 18.0 Å². The van der Waals surface area contributed by atoms with Crippen LogP contribution in [0.2, 0.25) is 5.28 Å². The maximum Gasteiger partial charge on any atom is 0.416 e. The van der Waals surface area contributed by atoms with Crippen molar-refractivity contribution in [2.75, 3.05) is 5.32 Å². The number of halogens is 4. The SMILES string of the molecule is O=C(NCc1ccc(C(F)(F)F)cc1)[C@@H](CC1CCCCC1)Nc1cc(-n2cccc2)nc(Cl)n1. The van der Waals surface area contributed by atoms with Gasteiger partial charge in [-0.05, 0) is 53.8 Å². The monoisotopic (exact) mass is 505 g/mol. The predicted molar refractivity (Wildman–Crippen MR) is 128 cm³/mol. The molecular weight excluding hydrogens is 479 g/mol. The smallest absolute Gasteiger partial charge is 0.358 e. The van der Waals surface area contributed by atoms with Gasteiger partial charge in [0.2, 0.25) is 11.2 Å². The van der Waals surface area contributed by atoms with Crippen molar-refractivity contribution in [3.63, 3.8) is 0 Å². The highest BCUT2D eigenvalue weighted by Gasteiger charge is 2.30. The Morgan fingerprint density at radius 3 is 2.43 bits per heavy atom. The minimum atomic E-state index is -4.39. The molecule has 1 fully saturated rings. The number of hydrogen-bond donors (Lipinski definition) is 2. The van der Waals surface area contributed by atoms with Crippen molar-refractivity contribution in [2.45, 2.75) is 57.3 Å². The molecule has 0 aliphatic heterocycles. The number of nitrogens with one attached hydrogen (secondary N) is 2. The van der Waals surface area contributed by atoms with E-state index in [0.717, 1.165) is 37.8 Å². The topological polar surface area (TPSA) is 71.8 Å². The highest BCUT2D eigenvalue weighted by molar-refractivity contribution is 6.28. The number of benzene rings is 1. The first-order valence-electron chi connectivity index (χ1n) is 11.7. The zero-order valence-electron chi connectivity index (χ0n) is 19.1. The minimum Gasteiger partial charge on any atom is -0.358 e. The number of amides is 1. The molecule has 0 bridgehead atoms.